The third kappa shape index (κ3) is 4.03. The number of anilines is 2. The lowest BCUT2D eigenvalue weighted by atomic mass is 9.99. The Morgan fingerprint density at radius 2 is 2.04 bits per heavy atom. The van der Waals surface area contributed by atoms with Crippen LogP contribution in [0.4, 0.5) is 16.3 Å². The molecule has 0 aliphatic carbocycles. The highest BCUT2D eigenvalue weighted by Gasteiger charge is 2.31. The van der Waals surface area contributed by atoms with Crippen molar-refractivity contribution in [2.45, 2.75) is 18.9 Å². The van der Waals surface area contributed by atoms with Crippen LogP contribution in [0.3, 0.4) is 0 Å². The van der Waals surface area contributed by atoms with Crippen molar-refractivity contribution in [2.24, 2.45) is 0 Å². The Labute approximate surface area is 162 Å². The fraction of sp³-hybridized carbons (Fsp3) is 0.190. The first kappa shape index (κ1) is 17.8. The van der Waals surface area contributed by atoms with Gasteiger partial charge in [0.05, 0.1) is 12.8 Å². The SMILES string of the molecule is O=C(NCc1ccco1)Nc1cc(N2C[C@@H](c3ccccc3)CC2=O)ccn1. The molecule has 7 heteroatoms. The van der Waals surface area contributed by atoms with Gasteiger partial charge >= 0.3 is 6.03 Å². The van der Waals surface area contributed by atoms with Crippen LogP contribution in [0.5, 0.6) is 0 Å². The molecule has 0 bridgehead atoms. The van der Waals surface area contributed by atoms with E-state index in [9.17, 15) is 9.59 Å². The van der Waals surface area contributed by atoms with Gasteiger partial charge in [0.15, 0.2) is 0 Å². The van der Waals surface area contributed by atoms with E-state index in [2.05, 4.69) is 15.6 Å². The molecule has 0 spiro atoms. The van der Waals surface area contributed by atoms with Gasteiger partial charge < -0.3 is 14.6 Å². The molecule has 0 saturated carbocycles. The number of furan rings is 1. The Bertz CT molecular complexity index is 957. The van der Waals surface area contributed by atoms with E-state index in [-0.39, 0.29) is 18.4 Å². The predicted octanol–water partition coefficient (Wildman–Crippen LogP) is 3.52. The van der Waals surface area contributed by atoms with E-state index in [1.807, 2.05) is 30.3 Å². The molecule has 1 aromatic carbocycles. The number of nitrogens with zero attached hydrogens (tertiary/aromatic N) is 2. The monoisotopic (exact) mass is 376 g/mol. The predicted molar refractivity (Wildman–Crippen MR) is 105 cm³/mol. The van der Waals surface area contributed by atoms with Gasteiger partial charge in [-0.25, -0.2) is 9.78 Å². The second-order valence-corrected chi connectivity index (χ2v) is 6.60. The molecule has 0 radical (unpaired) electrons. The van der Waals surface area contributed by atoms with Crippen LogP contribution in [-0.2, 0) is 11.3 Å². The molecule has 1 atom stereocenters. The van der Waals surface area contributed by atoms with E-state index in [4.69, 9.17) is 4.42 Å². The van der Waals surface area contributed by atoms with Crippen LogP contribution in [-0.4, -0.2) is 23.5 Å². The Kier molecular flexibility index (Phi) is 5.05. The second kappa shape index (κ2) is 7.96. The van der Waals surface area contributed by atoms with Gasteiger partial charge in [-0.05, 0) is 23.8 Å². The number of carbonyl (C=O) groups is 2. The van der Waals surface area contributed by atoms with Crippen molar-refractivity contribution in [3.63, 3.8) is 0 Å². The lowest BCUT2D eigenvalue weighted by Crippen LogP contribution is -2.29. The van der Waals surface area contributed by atoms with Crippen molar-refractivity contribution in [2.75, 3.05) is 16.8 Å². The van der Waals surface area contributed by atoms with Gasteiger partial charge in [0.25, 0.3) is 0 Å². The topological polar surface area (TPSA) is 87.5 Å². The smallest absolute Gasteiger partial charge is 0.320 e. The summed E-state index contributed by atoms with van der Waals surface area (Å²) in [7, 11) is 0. The average Bonchev–Trinajstić information content (AvgIpc) is 3.37. The molecule has 2 aromatic heterocycles. The summed E-state index contributed by atoms with van der Waals surface area (Å²) in [5.74, 6) is 1.26. The van der Waals surface area contributed by atoms with Crippen LogP contribution in [0.15, 0.2) is 71.5 Å². The van der Waals surface area contributed by atoms with Crippen LogP contribution in [0.1, 0.15) is 23.7 Å². The number of urea groups is 1. The first-order valence-electron chi connectivity index (χ1n) is 9.07. The van der Waals surface area contributed by atoms with Crippen LogP contribution in [0, 0.1) is 0 Å². The minimum atomic E-state index is -0.393. The number of hydrogen-bond donors (Lipinski definition) is 2. The maximum Gasteiger partial charge on any atom is 0.320 e. The minimum absolute atomic E-state index is 0.0632. The summed E-state index contributed by atoms with van der Waals surface area (Å²) in [6.07, 6.45) is 3.61. The van der Waals surface area contributed by atoms with E-state index in [1.54, 1.807) is 41.6 Å². The van der Waals surface area contributed by atoms with Crippen molar-refractivity contribution < 1.29 is 14.0 Å². The van der Waals surface area contributed by atoms with E-state index in [1.165, 1.54) is 0 Å². The van der Waals surface area contributed by atoms with Crippen molar-refractivity contribution >= 4 is 23.4 Å². The van der Waals surface area contributed by atoms with E-state index in [0.29, 0.717) is 24.5 Å². The highest BCUT2D eigenvalue weighted by Crippen LogP contribution is 2.32. The molecule has 28 heavy (non-hydrogen) atoms. The third-order valence-corrected chi connectivity index (χ3v) is 4.70. The molecule has 142 valence electrons. The lowest BCUT2D eigenvalue weighted by Gasteiger charge is -2.17. The van der Waals surface area contributed by atoms with Gasteiger partial charge in [0, 0.05) is 36.8 Å². The molecule has 3 aromatic rings. The Hall–Kier alpha value is -3.61. The van der Waals surface area contributed by atoms with Gasteiger partial charge in [-0.2, -0.15) is 0 Å². The van der Waals surface area contributed by atoms with Crippen molar-refractivity contribution in [3.8, 4) is 0 Å². The first-order chi connectivity index (χ1) is 13.7. The standard InChI is InChI=1S/C21H20N4O3/c26-20-11-16(15-5-2-1-3-6-15)14-25(20)17-8-9-22-19(12-17)24-21(27)23-13-18-7-4-10-28-18/h1-10,12,16H,11,13-14H2,(H2,22,23,24,27)/t16-/m0/s1. The number of nitrogens with one attached hydrogen (secondary N) is 2. The molecular formula is C21H20N4O3. The van der Waals surface area contributed by atoms with Gasteiger partial charge in [-0.1, -0.05) is 30.3 Å². The number of hydrogen-bond acceptors (Lipinski definition) is 4. The van der Waals surface area contributed by atoms with Crippen molar-refractivity contribution in [1.29, 1.82) is 0 Å². The number of amides is 3. The largest absolute Gasteiger partial charge is 0.467 e. The molecule has 1 fully saturated rings. The van der Waals surface area contributed by atoms with Gasteiger partial charge in [-0.3, -0.25) is 10.1 Å². The van der Waals surface area contributed by atoms with Crippen LogP contribution < -0.4 is 15.5 Å². The molecule has 1 saturated heterocycles. The zero-order valence-corrected chi connectivity index (χ0v) is 15.2. The summed E-state index contributed by atoms with van der Waals surface area (Å²) in [5.41, 5.74) is 1.88. The minimum Gasteiger partial charge on any atom is -0.467 e. The quantitative estimate of drug-likeness (QED) is 0.713. The molecule has 1 aliphatic heterocycles. The highest BCUT2D eigenvalue weighted by molar-refractivity contribution is 5.97. The Balaban J connectivity index is 1.40. The van der Waals surface area contributed by atoms with Crippen LogP contribution in [0.25, 0.3) is 0 Å². The molecular weight excluding hydrogens is 356 g/mol. The third-order valence-electron chi connectivity index (χ3n) is 4.70. The summed E-state index contributed by atoms with van der Waals surface area (Å²) in [5, 5.41) is 5.38. The zero-order chi connectivity index (χ0) is 19.3. The van der Waals surface area contributed by atoms with E-state index >= 15 is 0 Å². The maximum absolute atomic E-state index is 12.5. The molecule has 1 aliphatic rings. The summed E-state index contributed by atoms with van der Waals surface area (Å²) >= 11 is 0. The molecule has 4 rings (SSSR count). The summed E-state index contributed by atoms with van der Waals surface area (Å²) in [6.45, 7) is 0.888. The highest BCUT2D eigenvalue weighted by atomic mass is 16.3. The summed E-state index contributed by atoms with van der Waals surface area (Å²) in [4.78, 5) is 30.5. The van der Waals surface area contributed by atoms with E-state index < -0.39 is 6.03 Å². The normalized spacial score (nSPS) is 16.2. The fourth-order valence-electron chi connectivity index (χ4n) is 3.30. The number of benzene rings is 1. The van der Waals surface area contributed by atoms with Crippen LogP contribution in [0.2, 0.25) is 0 Å². The summed E-state index contributed by atoms with van der Waals surface area (Å²) < 4.78 is 5.18. The fourth-order valence-corrected chi connectivity index (χ4v) is 3.30. The maximum atomic E-state index is 12.5. The number of pyridine rings is 1. The average molecular weight is 376 g/mol. The first-order valence-corrected chi connectivity index (χ1v) is 9.07. The molecule has 7 nitrogen and oxygen atoms in total. The molecule has 2 N–H and O–H groups in total. The second-order valence-electron chi connectivity index (χ2n) is 6.60. The number of rotatable bonds is 5. The van der Waals surface area contributed by atoms with Gasteiger partial charge in [-0.15, -0.1) is 0 Å². The molecule has 3 heterocycles. The zero-order valence-electron chi connectivity index (χ0n) is 15.2. The van der Waals surface area contributed by atoms with Crippen LogP contribution >= 0.6 is 0 Å². The van der Waals surface area contributed by atoms with Crippen molar-refractivity contribution in [1.82, 2.24) is 10.3 Å². The van der Waals surface area contributed by atoms with Gasteiger partial charge in [0.2, 0.25) is 5.91 Å². The van der Waals surface area contributed by atoms with Gasteiger partial charge in [0.1, 0.15) is 11.6 Å². The lowest BCUT2D eigenvalue weighted by molar-refractivity contribution is -0.117. The van der Waals surface area contributed by atoms with E-state index in [0.717, 1.165) is 11.3 Å². The number of carbonyl (C=O) groups excluding carboxylic acids is 2. The molecule has 0 unspecified atom stereocenters. The Morgan fingerprint density at radius 1 is 1.18 bits per heavy atom. The Morgan fingerprint density at radius 3 is 2.82 bits per heavy atom. The van der Waals surface area contributed by atoms with Crippen molar-refractivity contribution in [3.05, 3.63) is 78.4 Å². The number of aromatic nitrogens is 1. The molecule has 3 amide bonds. The summed E-state index contributed by atoms with van der Waals surface area (Å²) in [6, 6.07) is 16.7.